The molecular formula is C10H7N3O. The summed E-state index contributed by atoms with van der Waals surface area (Å²) in [6.07, 6.45) is 1.48. The smallest absolute Gasteiger partial charge is 0.267 e. The van der Waals surface area contributed by atoms with Crippen molar-refractivity contribution in [3.8, 4) is 11.8 Å². The minimum Gasteiger partial charge on any atom is -0.267 e. The molecule has 0 amide bonds. The van der Waals surface area contributed by atoms with Crippen LogP contribution in [0.2, 0.25) is 0 Å². The van der Waals surface area contributed by atoms with Crippen LogP contribution in [0.25, 0.3) is 5.69 Å². The Morgan fingerprint density at radius 3 is 2.57 bits per heavy atom. The maximum absolute atomic E-state index is 11.1. The fourth-order valence-electron chi connectivity index (χ4n) is 1.20. The average Bonchev–Trinajstić information content (AvgIpc) is 2.61. The van der Waals surface area contributed by atoms with Crippen LogP contribution in [0.3, 0.4) is 0 Å². The van der Waals surface area contributed by atoms with Crippen molar-refractivity contribution in [2.75, 3.05) is 0 Å². The van der Waals surface area contributed by atoms with Gasteiger partial charge in [0.2, 0.25) is 0 Å². The first-order valence-corrected chi connectivity index (χ1v) is 4.08. The lowest BCUT2D eigenvalue weighted by Gasteiger charge is -1.99. The molecule has 0 saturated carbocycles. The topological polar surface area (TPSA) is 61.6 Å². The summed E-state index contributed by atoms with van der Waals surface area (Å²) in [4.78, 5) is 11.1. The van der Waals surface area contributed by atoms with Crippen LogP contribution in [0.15, 0.2) is 41.3 Å². The molecule has 0 atom stereocenters. The summed E-state index contributed by atoms with van der Waals surface area (Å²) in [6.45, 7) is 0. The van der Waals surface area contributed by atoms with Gasteiger partial charge >= 0.3 is 0 Å². The molecule has 4 nitrogen and oxygen atoms in total. The van der Waals surface area contributed by atoms with E-state index in [-0.39, 0.29) is 11.1 Å². The highest BCUT2D eigenvalue weighted by molar-refractivity contribution is 5.33. The molecule has 0 fully saturated rings. The maximum atomic E-state index is 11.1. The predicted molar refractivity (Wildman–Crippen MR) is 51.1 cm³/mol. The summed E-state index contributed by atoms with van der Waals surface area (Å²) in [5, 5.41) is 11.1. The fraction of sp³-hybridized carbons (Fsp3) is 0. The van der Waals surface area contributed by atoms with E-state index in [0.29, 0.717) is 0 Å². The van der Waals surface area contributed by atoms with E-state index in [1.807, 2.05) is 36.4 Å². The van der Waals surface area contributed by atoms with Crippen LogP contribution in [0.4, 0.5) is 0 Å². The van der Waals surface area contributed by atoms with E-state index in [2.05, 4.69) is 5.10 Å². The SMILES string of the molecule is N#Cc1cn(-c2ccccc2)[nH]c1=O. The molecule has 0 aliphatic rings. The summed E-state index contributed by atoms with van der Waals surface area (Å²) in [6, 6.07) is 11.1. The molecule has 0 aliphatic heterocycles. The highest BCUT2D eigenvalue weighted by atomic mass is 16.1. The van der Waals surface area contributed by atoms with Gasteiger partial charge in [0.25, 0.3) is 5.56 Å². The zero-order chi connectivity index (χ0) is 9.97. The summed E-state index contributed by atoms with van der Waals surface area (Å²) in [5.74, 6) is 0. The maximum Gasteiger partial charge on any atom is 0.282 e. The number of nitrogens with one attached hydrogen (secondary N) is 1. The third-order valence-corrected chi connectivity index (χ3v) is 1.88. The van der Waals surface area contributed by atoms with Crippen LogP contribution >= 0.6 is 0 Å². The van der Waals surface area contributed by atoms with E-state index in [0.717, 1.165) is 5.69 Å². The highest BCUT2D eigenvalue weighted by Gasteiger charge is 2.02. The first-order valence-electron chi connectivity index (χ1n) is 4.08. The first kappa shape index (κ1) is 8.32. The number of hydrogen-bond acceptors (Lipinski definition) is 2. The molecule has 4 heteroatoms. The summed E-state index contributed by atoms with van der Waals surface area (Å²) in [7, 11) is 0. The lowest BCUT2D eigenvalue weighted by Crippen LogP contribution is -2.05. The molecule has 68 valence electrons. The lowest BCUT2D eigenvalue weighted by atomic mass is 10.3. The van der Waals surface area contributed by atoms with Gasteiger partial charge in [-0.05, 0) is 12.1 Å². The van der Waals surface area contributed by atoms with Crippen molar-refractivity contribution < 1.29 is 0 Å². The van der Waals surface area contributed by atoms with Crippen LogP contribution in [-0.4, -0.2) is 9.78 Å². The largest absolute Gasteiger partial charge is 0.282 e. The number of hydrogen-bond donors (Lipinski definition) is 1. The highest BCUT2D eigenvalue weighted by Crippen LogP contribution is 2.04. The summed E-state index contributed by atoms with van der Waals surface area (Å²) >= 11 is 0. The molecule has 1 aromatic carbocycles. The molecule has 0 radical (unpaired) electrons. The Bertz CT molecular complexity index is 530. The van der Waals surface area contributed by atoms with Crippen molar-refractivity contribution in [3.05, 3.63) is 52.4 Å². The number of nitrogens with zero attached hydrogens (tertiary/aromatic N) is 2. The second-order valence-corrected chi connectivity index (χ2v) is 2.80. The van der Waals surface area contributed by atoms with Crippen molar-refractivity contribution in [2.24, 2.45) is 0 Å². The number of rotatable bonds is 1. The number of nitriles is 1. The minimum atomic E-state index is -0.364. The van der Waals surface area contributed by atoms with Gasteiger partial charge in [-0.1, -0.05) is 18.2 Å². The van der Waals surface area contributed by atoms with Gasteiger partial charge in [0.15, 0.2) is 0 Å². The molecule has 0 bridgehead atoms. The number of aromatic nitrogens is 2. The molecule has 0 aliphatic carbocycles. The molecule has 1 aromatic heterocycles. The fourth-order valence-corrected chi connectivity index (χ4v) is 1.20. The van der Waals surface area contributed by atoms with E-state index in [9.17, 15) is 4.79 Å². The predicted octanol–water partition coefficient (Wildman–Crippen LogP) is 1.04. The number of aromatic amines is 1. The van der Waals surface area contributed by atoms with Gasteiger partial charge in [0.05, 0.1) is 11.9 Å². The van der Waals surface area contributed by atoms with E-state index in [4.69, 9.17) is 5.26 Å². The number of benzene rings is 1. The molecule has 1 N–H and O–H groups in total. The van der Waals surface area contributed by atoms with Crippen molar-refractivity contribution in [2.45, 2.75) is 0 Å². The van der Waals surface area contributed by atoms with Crippen LogP contribution < -0.4 is 5.56 Å². The van der Waals surface area contributed by atoms with Gasteiger partial charge in [-0.25, -0.2) is 0 Å². The third-order valence-electron chi connectivity index (χ3n) is 1.88. The van der Waals surface area contributed by atoms with Crippen molar-refractivity contribution in [1.29, 1.82) is 5.26 Å². The molecule has 2 aromatic rings. The van der Waals surface area contributed by atoms with Crippen LogP contribution in [-0.2, 0) is 0 Å². The van der Waals surface area contributed by atoms with E-state index < -0.39 is 0 Å². The molecule has 0 spiro atoms. The van der Waals surface area contributed by atoms with Crippen LogP contribution in [0.5, 0.6) is 0 Å². The summed E-state index contributed by atoms with van der Waals surface area (Å²) < 4.78 is 1.53. The van der Waals surface area contributed by atoms with Crippen molar-refractivity contribution >= 4 is 0 Å². The van der Waals surface area contributed by atoms with Crippen LogP contribution in [0, 0.1) is 11.3 Å². The quantitative estimate of drug-likeness (QED) is 0.721. The van der Waals surface area contributed by atoms with Gasteiger partial charge < -0.3 is 0 Å². The zero-order valence-electron chi connectivity index (χ0n) is 7.27. The molecule has 1 heterocycles. The average molecular weight is 185 g/mol. The minimum absolute atomic E-state index is 0.119. The second-order valence-electron chi connectivity index (χ2n) is 2.80. The van der Waals surface area contributed by atoms with E-state index >= 15 is 0 Å². The third kappa shape index (κ3) is 1.31. The lowest BCUT2D eigenvalue weighted by molar-refractivity contribution is 0.864. The first-order chi connectivity index (χ1) is 6.81. The Hall–Kier alpha value is -2.28. The van der Waals surface area contributed by atoms with Gasteiger partial charge in [-0.15, -0.1) is 0 Å². The number of para-hydroxylation sites is 1. The van der Waals surface area contributed by atoms with E-state index in [1.54, 1.807) is 0 Å². The Kier molecular flexibility index (Phi) is 1.92. The normalized spacial score (nSPS) is 9.64. The number of H-pyrrole nitrogens is 1. The molecular weight excluding hydrogens is 178 g/mol. The molecule has 14 heavy (non-hydrogen) atoms. The van der Waals surface area contributed by atoms with Gasteiger partial charge in [-0.3, -0.25) is 14.6 Å². The second kappa shape index (κ2) is 3.23. The Morgan fingerprint density at radius 2 is 2.00 bits per heavy atom. The molecule has 2 rings (SSSR count). The Labute approximate surface area is 80.0 Å². The van der Waals surface area contributed by atoms with Gasteiger partial charge in [0, 0.05) is 0 Å². The molecule has 0 saturated heterocycles. The Morgan fingerprint density at radius 1 is 1.29 bits per heavy atom. The standard InChI is InChI=1S/C10H7N3O/c11-6-8-7-13(12-10(8)14)9-4-2-1-3-5-9/h1-5,7H,(H,12,14). The van der Waals surface area contributed by atoms with Crippen molar-refractivity contribution in [1.82, 2.24) is 9.78 Å². The summed E-state index contributed by atoms with van der Waals surface area (Å²) in [5.41, 5.74) is 0.580. The van der Waals surface area contributed by atoms with Crippen molar-refractivity contribution in [3.63, 3.8) is 0 Å². The molecule has 0 unspecified atom stereocenters. The van der Waals surface area contributed by atoms with Gasteiger partial charge in [-0.2, -0.15) is 5.26 Å². The van der Waals surface area contributed by atoms with Gasteiger partial charge in [0.1, 0.15) is 11.6 Å². The Balaban J connectivity index is 2.55. The van der Waals surface area contributed by atoms with E-state index in [1.165, 1.54) is 10.9 Å². The monoisotopic (exact) mass is 185 g/mol. The van der Waals surface area contributed by atoms with Crippen LogP contribution in [0.1, 0.15) is 5.56 Å². The zero-order valence-corrected chi connectivity index (χ0v) is 7.27.